The van der Waals surface area contributed by atoms with Gasteiger partial charge in [-0.25, -0.2) is 0 Å². The minimum atomic E-state index is 0.329. The molecule has 0 spiro atoms. The second kappa shape index (κ2) is 11.5. The summed E-state index contributed by atoms with van der Waals surface area (Å²) >= 11 is 0. The molecule has 0 unspecified atom stereocenters. The molecule has 98 valence electrons. The van der Waals surface area contributed by atoms with Crippen molar-refractivity contribution in [3.05, 3.63) is 29.8 Å². The van der Waals surface area contributed by atoms with Gasteiger partial charge in [-0.15, -0.1) is 0 Å². The van der Waals surface area contributed by atoms with E-state index in [2.05, 4.69) is 13.8 Å². The van der Waals surface area contributed by atoms with Gasteiger partial charge in [0.25, 0.3) is 0 Å². The van der Waals surface area contributed by atoms with Crippen LogP contribution in [0.1, 0.15) is 45.1 Å². The van der Waals surface area contributed by atoms with Gasteiger partial charge in [0.05, 0.1) is 0 Å². The average molecular weight is 238 g/mol. The number of aryl methyl sites for hydroxylation is 1. The zero-order chi connectivity index (χ0) is 12.9. The number of phenolic OH excluding ortho intramolecular Hbond substituents is 1. The number of phenols is 1. The molecule has 1 rings (SSSR count). The van der Waals surface area contributed by atoms with Crippen molar-refractivity contribution in [1.82, 2.24) is 0 Å². The van der Waals surface area contributed by atoms with Crippen LogP contribution in [0, 0.1) is 6.92 Å². The lowest BCUT2D eigenvalue weighted by Crippen LogP contribution is -1.95. The lowest BCUT2D eigenvalue weighted by Gasteiger charge is -1.99. The standard InChI is InChI=1S/C8H18O.C7H8O/c1-3-5-7-9-8-6-4-2;1-6-2-4-7(8)5-3-6/h3-8H2,1-2H3;2-5,8H,1H3. The van der Waals surface area contributed by atoms with E-state index in [4.69, 9.17) is 9.84 Å². The van der Waals surface area contributed by atoms with Crippen LogP contribution in [0.25, 0.3) is 0 Å². The van der Waals surface area contributed by atoms with Gasteiger partial charge in [-0.3, -0.25) is 0 Å². The summed E-state index contributed by atoms with van der Waals surface area (Å²) in [7, 11) is 0. The molecule has 0 saturated carbocycles. The molecule has 2 nitrogen and oxygen atoms in total. The van der Waals surface area contributed by atoms with Gasteiger partial charge < -0.3 is 9.84 Å². The molecule has 1 N–H and O–H groups in total. The fourth-order valence-corrected chi connectivity index (χ4v) is 1.14. The third-order valence-corrected chi connectivity index (χ3v) is 2.32. The number of rotatable bonds is 6. The van der Waals surface area contributed by atoms with Gasteiger partial charge in [0, 0.05) is 13.2 Å². The lowest BCUT2D eigenvalue weighted by atomic mass is 10.2. The monoisotopic (exact) mass is 238 g/mol. The Morgan fingerprint density at radius 2 is 1.41 bits per heavy atom. The molecule has 0 bridgehead atoms. The van der Waals surface area contributed by atoms with Crippen LogP contribution >= 0.6 is 0 Å². The molecule has 0 aliphatic heterocycles. The smallest absolute Gasteiger partial charge is 0.115 e. The highest BCUT2D eigenvalue weighted by Gasteiger charge is 1.84. The van der Waals surface area contributed by atoms with E-state index in [1.54, 1.807) is 12.1 Å². The number of benzene rings is 1. The topological polar surface area (TPSA) is 29.5 Å². The van der Waals surface area contributed by atoms with Crippen molar-refractivity contribution in [2.45, 2.75) is 46.5 Å². The Bertz CT molecular complexity index is 227. The molecule has 0 amide bonds. The summed E-state index contributed by atoms with van der Waals surface area (Å²) < 4.78 is 5.31. The zero-order valence-corrected chi connectivity index (χ0v) is 11.4. The fraction of sp³-hybridized carbons (Fsp3) is 0.600. The van der Waals surface area contributed by atoms with Crippen LogP contribution in [0.3, 0.4) is 0 Å². The van der Waals surface area contributed by atoms with Crippen molar-refractivity contribution in [3.63, 3.8) is 0 Å². The molecule has 0 radical (unpaired) electrons. The quantitative estimate of drug-likeness (QED) is 0.749. The largest absolute Gasteiger partial charge is 0.508 e. The fourth-order valence-electron chi connectivity index (χ4n) is 1.14. The maximum atomic E-state index is 8.76. The second-order valence-electron chi connectivity index (χ2n) is 4.16. The average Bonchev–Trinajstić information content (AvgIpc) is 2.34. The molecule has 2 heteroatoms. The van der Waals surface area contributed by atoms with E-state index in [-0.39, 0.29) is 0 Å². The van der Waals surface area contributed by atoms with E-state index in [1.165, 1.54) is 31.2 Å². The molecule has 0 fully saturated rings. The molecule has 17 heavy (non-hydrogen) atoms. The molecule has 0 atom stereocenters. The normalized spacial score (nSPS) is 9.59. The van der Waals surface area contributed by atoms with Crippen molar-refractivity contribution < 1.29 is 9.84 Å². The first-order valence-corrected chi connectivity index (χ1v) is 6.54. The highest BCUT2D eigenvalue weighted by Crippen LogP contribution is 2.07. The molecule has 0 heterocycles. The number of unbranched alkanes of at least 4 members (excludes halogenated alkanes) is 2. The molecule has 0 aromatic heterocycles. The minimum Gasteiger partial charge on any atom is -0.508 e. The predicted octanol–water partition coefficient (Wildman–Crippen LogP) is 4.30. The number of aromatic hydroxyl groups is 1. The van der Waals surface area contributed by atoms with Gasteiger partial charge in [0.1, 0.15) is 5.75 Å². The van der Waals surface area contributed by atoms with Gasteiger partial charge in [-0.2, -0.15) is 0 Å². The minimum absolute atomic E-state index is 0.329. The summed E-state index contributed by atoms with van der Waals surface area (Å²) in [5, 5.41) is 8.76. The Kier molecular flexibility index (Phi) is 10.8. The zero-order valence-electron chi connectivity index (χ0n) is 11.4. The maximum absolute atomic E-state index is 8.76. The van der Waals surface area contributed by atoms with E-state index in [1.807, 2.05) is 19.1 Å². The molecular weight excluding hydrogens is 212 g/mol. The van der Waals surface area contributed by atoms with Crippen molar-refractivity contribution in [3.8, 4) is 5.75 Å². The third-order valence-electron chi connectivity index (χ3n) is 2.32. The first-order chi connectivity index (χ1) is 8.20. The number of ether oxygens (including phenoxy) is 1. The molecule has 1 aromatic rings. The van der Waals surface area contributed by atoms with E-state index in [9.17, 15) is 0 Å². The molecule has 1 aromatic carbocycles. The number of hydrogen-bond donors (Lipinski definition) is 1. The van der Waals surface area contributed by atoms with Crippen LogP contribution in [0.2, 0.25) is 0 Å². The van der Waals surface area contributed by atoms with E-state index in [0.717, 1.165) is 13.2 Å². The maximum Gasteiger partial charge on any atom is 0.115 e. The first kappa shape index (κ1) is 16.0. The van der Waals surface area contributed by atoms with Gasteiger partial charge in [0.2, 0.25) is 0 Å². The van der Waals surface area contributed by atoms with Crippen molar-refractivity contribution in [2.75, 3.05) is 13.2 Å². The third kappa shape index (κ3) is 11.2. The predicted molar refractivity (Wildman–Crippen MR) is 73.5 cm³/mol. The summed E-state index contributed by atoms with van der Waals surface area (Å²) in [6.07, 6.45) is 4.91. The summed E-state index contributed by atoms with van der Waals surface area (Å²) in [6, 6.07) is 7.09. The van der Waals surface area contributed by atoms with Crippen LogP contribution in [0.15, 0.2) is 24.3 Å². The van der Waals surface area contributed by atoms with Crippen LogP contribution in [0.4, 0.5) is 0 Å². The highest BCUT2D eigenvalue weighted by molar-refractivity contribution is 5.24. The Morgan fingerprint density at radius 3 is 1.76 bits per heavy atom. The summed E-state index contributed by atoms with van der Waals surface area (Å²) in [4.78, 5) is 0. The summed E-state index contributed by atoms with van der Waals surface area (Å²) in [6.45, 7) is 8.26. The van der Waals surface area contributed by atoms with Crippen LogP contribution in [-0.4, -0.2) is 18.3 Å². The summed E-state index contributed by atoms with van der Waals surface area (Å²) in [5.41, 5.74) is 1.17. The Hall–Kier alpha value is -1.02. The molecule has 0 aliphatic carbocycles. The molecular formula is C15H26O2. The lowest BCUT2D eigenvalue weighted by molar-refractivity contribution is 0.128. The molecule has 0 saturated heterocycles. The highest BCUT2D eigenvalue weighted by atomic mass is 16.5. The number of hydrogen-bond acceptors (Lipinski definition) is 2. The van der Waals surface area contributed by atoms with Crippen molar-refractivity contribution in [1.29, 1.82) is 0 Å². The van der Waals surface area contributed by atoms with Crippen molar-refractivity contribution >= 4 is 0 Å². The van der Waals surface area contributed by atoms with Gasteiger partial charge >= 0.3 is 0 Å². The van der Waals surface area contributed by atoms with E-state index >= 15 is 0 Å². The van der Waals surface area contributed by atoms with Gasteiger partial charge in [-0.05, 0) is 31.9 Å². The first-order valence-electron chi connectivity index (χ1n) is 6.54. The Balaban J connectivity index is 0.000000302. The van der Waals surface area contributed by atoms with Crippen LogP contribution in [0.5, 0.6) is 5.75 Å². The van der Waals surface area contributed by atoms with E-state index < -0.39 is 0 Å². The second-order valence-corrected chi connectivity index (χ2v) is 4.16. The Labute approximate surface area is 106 Å². The van der Waals surface area contributed by atoms with Gasteiger partial charge in [0.15, 0.2) is 0 Å². The van der Waals surface area contributed by atoms with Crippen LogP contribution in [-0.2, 0) is 4.74 Å². The van der Waals surface area contributed by atoms with Crippen LogP contribution < -0.4 is 0 Å². The van der Waals surface area contributed by atoms with Crippen molar-refractivity contribution in [2.24, 2.45) is 0 Å². The molecule has 0 aliphatic rings. The van der Waals surface area contributed by atoms with E-state index in [0.29, 0.717) is 5.75 Å². The SMILES string of the molecule is CCCCOCCCC.Cc1ccc(O)cc1. The summed E-state index contributed by atoms with van der Waals surface area (Å²) in [5.74, 6) is 0.329. The Morgan fingerprint density at radius 1 is 0.941 bits per heavy atom. The van der Waals surface area contributed by atoms with Gasteiger partial charge in [-0.1, -0.05) is 44.4 Å².